The average Bonchev–Trinajstić information content (AvgIpc) is 3.32. The molecule has 0 saturated carbocycles. The lowest BCUT2D eigenvalue weighted by Gasteiger charge is -1.81. The van der Waals surface area contributed by atoms with Crippen molar-refractivity contribution in [1.29, 1.82) is 0 Å². The Morgan fingerprint density at radius 2 is 1.55 bits per heavy atom. The summed E-state index contributed by atoms with van der Waals surface area (Å²) in [5, 5.41) is 0. The Hall–Kier alpha value is -1.17. The maximum atomic E-state index is 10.0. The highest BCUT2D eigenvalue weighted by atomic mass is 16.5. The van der Waals surface area contributed by atoms with Crippen molar-refractivity contribution in [3.8, 4) is 0 Å². The van der Waals surface area contributed by atoms with Crippen LogP contribution in [0, 0.1) is 0 Å². The van der Waals surface area contributed by atoms with Gasteiger partial charge >= 0.3 is 5.97 Å². The summed E-state index contributed by atoms with van der Waals surface area (Å²) in [6, 6.07) is 0. The van der Waals surface area contributed by atoms with Crippen LogP contribution in [0.1, 0.15) is 32.1 Å². The SMILES string of the molecule is C1=CCOC1.C1CCOC1.C=C1CCOC1.O=C1CCCO1. The summed E-state index contributed by atoms with van der Waals surface area (Å²) in [6.45, 7) is 9.69. The molecule has 5 heteroatoms. The molecule has 0 bridgehead atoms. The van der Waals surface area contributed by atoms with E-state index in [0.29, 0.717) is 13.0 Å². The zero-order valence-electron chi connectivity index (χ0n) is 13.4. The summed E-state index contributed by atoms with van der Waals surface area (Å²) < 4.78 is 19.2. The molecule has 0 spiro atoms. The summed E-state index contributed by atoms with van der Waals surface area (Å²) in [6.07, 6.45) is 9.19. The van der Waals surface area contributed by atoms with E-state index in [1.807, 2.05) is 12.2 Å². The van der Waals surface area contributed by atoms with Crippen LogP contribution < -0.4 is 0 Å². The molecule has 5 nitrogen and oxygen atoms in total. The second-order valence-corrected chi connectivity index (χ2v) is 5.20. The van der Waals surface area contributed by atoms with Crippen molar-refractivity contribution in [2.24, 2.45) is 0 Å². The van der Waals surface area contributed by atoms with Crippen LogP contribution in [0.5, 0.6) is 0 Å². The molecule has 4 heterocycles. The molecule has 0 aromatic heterocycles. The van der Waals surface area contributed by atoms with Crippen molar-refractivity contribution < 1.29 is 23.7 Å². The Morgan fingerprint density at radius 1 is 0.818 bits per heavy atom. The van der Waals surface area contributed by atoms with Gasteiger partial charge in [0.2, 0.25) is 0 Å². The smallest absolute Gasteiger partial charge is 0.305 e. The molecule has 3 saturated heterocycles. The molecule has 4 aliphatic heterocycles. The molecule has 0 unspecified atom stereocenters. The van der Waals surface area contributed by atoms with E-state index in [-0.39, 0.29) is 5.97 Å². The van der Waals surface area contributed by atoms with Gasteiger partial charge in [-0.2, -0.15) is 0 Å². The molecular formula is C17H28O5. The van der Waals surface area contributed by atoms with E-state index < -0.39 is 0 Å². The van der Waals surface area contributed by atoms with Gasteiger partial charge in [0.1, 0.15) is 0 Å². The predicted octanol–water partition coefficient (Wildman–Crippen LogP) is 2.66. The number of cyclic esters (lactones) is 1. The molecule has 4 aliphatic rings. The highest BCUT2D eigenvalue weighted by Crippen LogP contribution is 2.06. The summed E-state index contributed by atoms with van der Waals surface area (Å²) in [5.74, 6) is -0.0463. The van der Waals surface area contributed by atoms with Crippen LogP contribution in [0.3, 0.4) is 0 Å². The largest absolute Gasteiger partial charge is 0.466 e. The summed E-state index contributed by atoms with van der Waals surface area (Å²) in [5.41, 5.74) is 1.23. The summed E-state index contributed by atoms with van der Waals surface area (Å²) in [7, 11) is 0. The van der Waals surface area contributed by atoms with E-state index in [1.165, 1.54) is 18.4 Å². The summed E-state index contributed by atoms with van der Waals surface area (Å²) in [4.78, 5) is 10.0. The lowest BCUT2D eigenvalue weighted by atomic mass is 10.3. The van der Waals surface area contributed by atoms with Gasteiger partial charge in [-0.15, -0.1) is 0 Å². The topological polar surface area (TPSA) is 54.0 Å². The van der Waals surface area contributed by atoms with Gasteiger partial charge in [-0.3, -0.25) is 4.79 Å². The Labute approximate surface area is 133 Å². The number of carbonyl (C=O) groups is 1. The minimum Gasteiger partial charge on any atom is -0.466 e. The van der Waals surface area contributed by atoms with Gasteiger partial charge in [-0.25, -0.2) is 0 Å². The number of hydrogen-bond acceptors (Lipinski definition) is 5. The summed E-state index contributed by atoms with van der Waals surface area (Å²) >= 11 is 0. The van der Waals surface area contributed by atoms with E-state index in [4.69, 9.17) is 14.2 Å². The van der Waals surface area contributed by atoms with Crippen molar-refractivity contribution in [2.45, 2.75) is 32.1 Å². The molecular weight excluding hydrogens is 284 g/mol. The number of carbonyl (C=O) groups excluding carboxylic acids is 1. The first-order valence-electron chi connectivity index (χ1n) is 7.99. The number of ether oxygens (including phenoxy) is 4. The fraction of sp³-hybridized carbons (Fsp3) is 0.706. The minimum absolute atomic E-state index is 0.0463. The van der Waals surface area contributed by atoms with Gasteiger partial charge in [-0.05, 0) is 31.3 Å². The van der Waals surface area contributed by atoms with Gasteiger partial charge < -0.3 is 18.9 Å². The third-order valence-corrected chi connectivity index (χ3v) is 3.12. The van der Waals surface area contributed by atoms with E-state index >= 15 is 0 Å². The first-order chi connectivity index (χ1) is 10.8. The first kappa shape index (κ1) is 18.9. The number of rotatable bonds is 0. The van der Waals surface area contributed by atoms with Crippen molar-refractivity contribution in [3.05, 3.63) is 24.3 Å². The molecule has 126 valence electrons. The van der Waals surface area contributed by atoms with Crippen LogP contribution in [-0.4, -0.2) is 52.2 Å². The van der Waals surface area contributed by atoms with Crippen molar-refractivity contribution >= 4 is 5.97 Å². The Morgan fingerprint density at radius 3 is 1.73 bits per heavy atom. The van der Waals surface area contributed by atoms with Crippen LogP contribution in [0.25, 0.3) is 0 Å². The van der Waals surface area contributed by atoms with Crippen LogP contribution in [-0.2, 0) is 23.7 Å². The average molecular weight is 312 g/mol. The molecule has 4 rings (SSSR count). The fourth-order valence-corrected chi connectivity index (χ4v) is 1.83. The third-order valence-electron chi connectivity index (χ3n) is 3.12. The van der Waals surface area contributed by atoms with Crippen LogP contribution in [0.15, 0.2) is 24.3 Å². The Kier molecular flexibility index (Phi) is 11.6. The second-order valence-electron chi connectivity index (χ2n) is 5.20. The highest BCUT2D eigenvalue weighted by Gasteiger charge is 2.08. The highest BCUT2D eigenvalue weighted by molar-refractivity contribution is 5.70. The van der Waals surface area contributed by atoms with Crippen molar-refractivity contribution in [2.75, 3.05) is 46.2 Å². The molecule has 0 aromatic rings. The molecule has 22 heavy (non-hydrogen) atoms. The van der Waals surface area contributed by atoms with Gasteiger partial charge in [0.05, 0.1) is 33.0 Å². The van der Waals surface area contributed by atoms with Gasteiger partial charge in [-0.1, -0.05) is 18.7 Å². The molecule has 0 aliphatic carbocycles. The second kappa shape index (κ2) is 13.5. The van der Waals surface area contributed by atoms with Crippen molar-refractivity contribution in [1.82, 2.24) is 0 Å². The predicted molar refractivity (Wildman–Crippen MR) is 84.8 cm³/mol. The van der Waals surface area contributed by atoms with Crippen LogP contribution in [0.4, 0.5) is 0 Å². The minimum atomic E-state index is -0.0463. The zero-order chi connectivity index (χ0) is 15.9. The van der Waals surface area contributed by atoms with E-state index in [1.54, 1.807) is 0 Å². The van der Waals surface area contributed by atoms with Crippen molar-refractivity contribution in [3.63, 3.8) is 0 Å². The van der Waals surface area contributed by atoms with E-state index in [9.17, 15) is 4.79 Å². The normalized spacial score (nSPS) is 22.0. The van der Waals surface area contributed by atoms with Crippen LogP contribution >= 0.6 is 0 Å². The molecule has 0 aromatic carbocycles. The first-order valence-corrected chi connectivity index (χ1v) is 7.99. The van der Waals surface area contributed by atoms with Crippen LogP contribution in [0.2, 0.25) is 0 Å². The number of hydrogen-bond donors (Lipinski definition) is 0. The molecule has 0 amide bonds. The van der Waals surface area contributed by atoms with E-state index in [2.05, 4.69) is 11.3 Å². The molecule has 0 N–H and O–H groups in total. The van der Waals surface area contributed by atoms with Gasteiger partial charge in [0.15, 0.2) is 0 Å². The zero-order valence-corrected chi connectivity index (χ0v) is 13.4. The lowest BCUT2D eigenvalue weighted by Crippen LogP contribution is -1.88. The Balaban J connectivity index is 0.000000147. The molecule has 0 radical (unpaired) electrons. The quantitative estimate of drug-likeness (QED) is 0.508. The maximum Gasteiger partial charge on any atom is 0.305 e. The van der Waals surface area contributed by atoms with Gasteiger partial charge in [0.25, 0.3) is 0 Å². The maximum absolute atomic E-state index is 10.0. The fourth-order valence-electron chi connectivity index (χ4n) is 1.83. The molecule has 3 fully saturated rings. The monoisotopic (exact) mass is 312 g/mol. The molecule has 0 atom stereocenters. The lowest BCUT2D eigenvalue weighted by molar-refractivity contribution is -0.137. The Bertz CT molecular complexity index is 284. The van der Waals surface area contributed by atoms with E-state index in [0.717, 1.165) is 52.5 Å². The number of esters is 1. The third kappa shape index (κ3) is 11.5. The van der Waals surface area contributed by atoms with Gasteiger partial charge in [0, 0.05) is 19.6 Å². The standard InChI is InChI=1S/C5H8O.C4H6O2.C4H8O.C4H6O/c1-5-2-3-6-4-5;5-4-2-1-3-6-4;2*1-2-4-5-3-1/h1-4H2;1-3H2;1-4H2;1-2H,3-4H2.